The molecule has 3 atom stereocenters. The number of hydrogen-bond acceptors (Lipinski definition) is 5. The number of rotatable bonds is 9. The second-order valence-corrected chi connectivity index (χ2v) is 14.9. The maximum atomic E-state index is 14.5. The van der Waals surface area contributed by atoms with Crippen LogP contribution in [0.1, 0.15) is 48.8 Å². The van der Waals surface area contributed by atoms with Crippen LogP contribution in [0.3, 0.4) is 0 Å². The molecule has 1 saturated carbocycles. The third-order valence-electron chi connectivity index (χ3n) is 9.67. The van der Waals surface area contributed by atoms with Crippen LogP contribution < -0.4 is 0 Å². The van der Waals surface area contributed by atoms with Gasteiger partial charge >= 0.3 is 18.3 Å². The molecule has 3 aromatic carbocycles. The summed E-state index contributed by atoms with van der Waals surface area (Å²) < 4.78 is 160. The minimum atomic E-state index is -6.25. The third kappa shape index (κ3) is 6.81. The molecule has 1 aliphatic heterocycles. The summed E-state index contributed by atoms with van der Waals surface area (Å²) in [6.07, 6.45) is -11.8. The quantitative estimate of drug-likeness (QED) is 0.180. The highest BCUT2D eigenvalue weighted by atomic mass is 32.2. The van der Waals surface area contributed by atoms with Crippen molar-refractivity contribution in [2.75, 3.05) is 13.1 Å². The van der Waals surface area contributed by atoms with Crippen molar-refractivity contribution in [2.24, 2.45) is 11.8 Å². The number of alkyl halides is 6. The first-order valence-electron chi connectivity index (χ1n) is 15.6. The summed E-state index contributed by atoms with van der Waals surface area (Å²) in [5, 5.41) is 9.47. The van der Waals surface area contributed by atoms with Crippen LogP contribution in [-0.4, -0.2) is 55.7 Å². The van der Waals surface area contributed by atoms with E-state index >= 15 is 0 Å². The molecule has 0 spiro atoms. The number of carboxylic acid groups (broad SMARTS) is 1. The first-order valence-corrected chi connectivity index (χ1v) is 17.1. The monoisotopic (exact) mass is 751 g/mol. The molecule has 7 nitrogen and oxygen atoms in total. The Morgan fingerprint density at radius 1 is 0.843 bits per heavy atom. The fourth-order valence-corrected chi connectivity index (χ4v) is 8.99. The van der Waals surface area contributed by atoms with Gasteiger partial charge in [0.2, 0.25) is 5.91 Å². The molecule has 276 valence electrons. The van der Waals surface area contributed by atoms with Gasteiger partial charge in [0.25, 0.3) is 5.60 Å². The van der Waals surface area contributed by atoms with Crippen LogP contribution in [0.25, 0.3) is 0 Å². The van der Waals surface area contributed by atoms with Crippen LogP contribution in [-0.2, 0) is 41.1 Å². The normalized spacial score (nSPS) is 21.9. The number of aliphatic carboxylic acids is 1. The van der Waals surface area contributed by atoms with E-state index in [9.17, 15) is 62.6 Å². The number of benzene rings is 3. The van der Waals surface area contributed by atoms with Crippen LogP contribution in [0.15, 0.2) is 71.6 Å². The zero-order valence-electron chi connectivity index (χ0n) is 26.4. The van der Waals surface area contributed by atoms with E-state index in [4.69, 9.17) is 0 Å². The molecule has 3 aromatic rings. The van der Waals surface area contributed by atoms with Crippen LogP contribution in [0.2, 0.25) is 0 Å². The number of likely N-dealkylation sites (tertiary alicyclic amines) is 1. The lowest BCUT2D eigenvalue weighted by Crippen LogP contribution is -2.56. The van der Waals surface area contributed by atoms with E-state index in [2.05, 4.69) is 4.74 Å². The molecule has 5 rings (SSSR count). The molecule has 3 unspecified atom stereocenters. The molecule has 1 N–H and O–H groups in total. The molecule has 1 amide bonds. The minimum Gasteiger partial charge on any atom is -0.481 e. The number of ether oxygens (including phenoxy) is 1. The fraction of sp³-hybridized carbons (Fsp3) is 0.412. The van der Waals surface area contributed by atoms with Gasteiger partial charge in [-0.1, -0.05) is 36.8 Å². The molecule has 0 aromatic heterocycles. The summed E-state index contributed by atoms with van der Waals surface area (Å²) in [7, 11) is -4.67. The van der Waals surface area contributed by atoms with Crippen LogP contribution >= 0.6 is 0 Å². The van der Waals surface area contributed by atoms with Gasteiger partial charge in [0.15, 0.2) is 9.84 Å². The Bertz CT molecular complexity index is 1850. The molecular weight excluding hydrogens is 721 g/mol. The van der Waals surface area contributed by atoms with Crippen molar-refractivity contribution in [3.63, 3.8) is 0 Å². The second kappa shape index (κ2) is 13.8. The molecule has 0 bridgehead atoms. The lowest BCUT2D eigenvalue weighted by molar-refractivity contribution is -0.392. The van der Waals surface area contributed by atoms with Crippen molar-refractivity contribution in [3.05, 3.63) is 101 Å². The van der Waals surface area contributed by atoms with Gasteiger partial charge in [0.1, 0.15) is 22.2 Å². The van der Waals surface area contributed by atoms with Crippen molar-refractivity contribution < 1.29 is 67.4 Å². The van der Waals surface area contributed by atoms with E-state index in [1.807, 2.05) is 0 Å². The van der Waals surface area contributed by atoms with E-state index in [0.29, 0.717) is 55.7 Å². The Morgan fingerprint density at radius 3 is 1.96 bits per heavy atom. The largest absolute Gasteiger partial charge is 0.481 e. The lowest BCUT2D eigenvalue weighted by atomic mass is 9.81. The summed E-state index contributed by atoms with van der Waals surface area (Å²) in [6.45, 7) is -2.61. The average molecular weight is 752 g/mol. The molecular formula is C34H30F9NO6S. The fourth-order valence-electron chi connectivity index (χ4n) is 6.91. The predicted molar refractivity (Wildman–Crippen MR) is 161 cm³/mol. The maximum Gasteiger partial charge on any atom is 0.430 e. The molecule has 0 radical (unpaired) electrons. The van der Waals surface area contributed by atoms with E-state index in [1.54, 1.807) is 0 Å². The van der Waals surface area contributed by atoms with Crippen molar-refractivity contribution in [3.8, 4) is 0 Å². The third-order valence-corrected chi connectivity index (χ3v) is 12.2. The Labute approximate surface area is 285 Å². The topological polar surface area (TPSA) is 101 Å². The van der Waals surface area contributed by atoms with Gasteiger partial charge in [-0.3, -0.25) is 9.59 Å². The zero-order chi connectivity index (χ0) is 37.6. The van der Waals surface area contributed by atoms with Gasteiger partial charge in [-0.25, -0.2) is 21.6 Å². The number of hydrogen-bond donors (Lipinski definition) is 1. The van der Waals surface area contributed by atoms with Gasteiger partial charge in [-0.15, -0.1) is 0 Å². The van der Waals surface area contributed by atoms with Crippen LogP contribution in [0.5, 0.6) is 0 Å². The number of halogens is 9. The molecule has 2 aliphatic rings. The van der Waals surface area contributed by atoms with Crippen molar-refractivity contribution in [2.45, 2.75) is 66.3 Å². The maximum absolute atomic E-state index is 14.5. The smallest absolute Gasteiger partial charge is 0.430 e. The van der Waals surface area contributed by atoms with Crippen molar-refractivity contribution >= 4 is 21.7 Å². The molecule has 2 fully saturated rings. The highest BCUT2D eigenvalue weighted by Gasteiger charge is 2.73. The first-order chi connectivity index (χ1) is 23.7. The zero-order valence-corrected chi connectivity index (χ0v) is 27.2. The summed E-state index contributed by atoms with van der Waals surface area (Å²) in [6, 6.07) is 7.74. The second-order valence-electron chi connectivity index (χ2n) is 12.6. The molecule has 1 saturated heterocycles. The van der Waals surface area contributed by atoms with Crippen LogP contribution in [0, 0.1) is 29.3 Å². The number of carbonyl (C=O) groups excluding carboxylic acids is 1. The summed E-state index contributed by atoms with van der Waals surface area (Å²) >= 11 is 0. The van der Waals surface area contributed by atoms with Gasteiger partial charge in [-0.2, -0.15) is 26.3 Å². The van der Waals surface area contributed by atoms with E-state index < -0.39 is 103 Å². The van der Waals surface area contributed by atoms with E-state index in [0.717, 1.165) is 30.3 Å². The Morgan fingerprint density at radius 2 is 1.41 bits per heavy atom. The number of nitrogens with zero attached hydrogens (tertiary/aromatic N) is 1. The number of carbonyl (C=O) groups is 2. The Hall–Kier alpha value is -4.12. The molecule has 51 heavy (non-hydrogen) atoms. The Kier molecular flexibility index (Phi) is 10.3. The van der Waals surface area contributed by atoms with Gasteiger partial charge in [0, 0.05) is 30.1 Å². The summed E-state index contributed by atoms with van der Waals surface area (Å²) in [4.78, 5) is 25.9. The molecule has 1 heterocycles. The number of carboxylic acids is 1. The lowest BCUT2D eigenvalue weighted by Gasteiger charge is -2.38. The van der Waals surface area contributed by atoms with E-state index in [1.165, 1.54) is 4.90 Å². The predicted octanol–water partition coefficient (Wildman–Crippen LogP) is 7.43. The van der Waals surface area contributed by atoms with Crippen molar-refractivity contribution in [1.29, 1.82) is 0 Å². The highest BCUT2D eigenvalue weighted by Crippen LogP contribution is 2.54. The summed E-state index contributed by atoms with van der Waals surface area (Å²) in [5.41, 5.74) is -8.21. The number of amides is 1. The molecule has 1 aliphatic carbocycles. The SMILES string of the molecule is O=C(O)C1CCCC(C(=O)N2CCC(c3ccc(C(OCc4c(F)cccc4F)(C(F)(F)F)C(F)(F)F)cc3)(S(=O)(=O)c3ccc(F)cc3)C2)C1. The van der Waals surface area contributed by atoms with E-state index in [-0.39, 0.29) is 24.9 Å². The number of sulfone groups is 1. The molecule has 17 heteroatoms. The minimum absolute atomic E-state index is 0.00910. The van der Waals surface area contributed by atoms with Gasteiger partial charge in [0.05, 0.1) is 17.4 Å². The average Bonchev–Trinajstić information content (AvgIpc) is 3.53. The standard InChI is InChI=1S/C34H30F9NO6S/c35-24-11-13-25(14-12-24)51(48,49)31(15-16-44(19-31)29(45)20-3-1-4-21(17-20)30(46)47)22-7-9-23(10-8-22)32(33(38,39)40,34(41,42)43)50-18-26-27(36)5-2-6-28(26)37/h2,5-14,20-21H,1,3-4,15-19H2,(H,46,47). The highest BCUT2D eigenvalue weighted by molar-refractivity contribution is 7.92. The van der Waals surface area contributed by atoms with Crippen molar-refractivity contribution in [1.82, 2.24) is 4.90 Å². The van der Waals surface area contributed by atoms with Gasteiger partial charge in [-0.05, 0) is 67.6 Å². The first kappa shape index (κ1) is 38.1. The van der Waals surface area contributed by atoms with Gasteiger partial charge < -0.3 is 14.7 Å². The Balaban J connectivity index is 1.58. The van der Waals surface area contributed by atoms with Crippen LogP contribution in [0.4, 0.5) is 39.5 Å². The summed E-state index contributed by atoms with van der Waals surface area (Å²) in [5.74, 6) is -6.95.